The fourth-order valence-electron chi connectivity index (χ4n) is 2.69. The van der Waals surface area contributed by atoms with Crippen LogP contribution in [-0.4, -0.2) is 25.6 Å². The summed E-state index contributed by atoms with van der Waals surface area (Å²) in [6, 6.07) is 4.41. The van der Waals surface area contributed by atoms with Crippen LogP contribution in [0.3, 0.4) is 0 Å². The molecule has 2 rings (SSSR count). The smallest absolute Gasteiger partial charge is 0.348 e. The van der Waals surface area contributed by atoms with Crippen molar-refractivity contribution in [2.75, 3.05) is 11.0 Å². The predicted octanol–water partition coefficient (Wildman–Crippen LogP) is 3.48. The number of sulfonamides is 1. The van der Waals surface area contributed by atoms with E-state index >= 15 is 0 Å². The highest BCUT2D eigenvalue weighted by atomic mass is 32.2. The minimum Gasteiger partial charge on any atom is -0.348 e. The molecule has 0 aliphatic rings. The number of pyridine rings is 1. The van der Waals surface area contributed by atoms with Gasteiger partial charge in [-0.25, -0.2) is 17.8 Å². The van der Waals surface area contributed by atoms with Gasteiger partial charge in [0.2, 0.25) is 15.9 Å². The van der Waals surface area contributed by atoms with Gasteiger partial charge in [0.25, 0.3) is 0 Å². The molecule has 32 heavy (non-hydrogen) atoms. The van der Waals surface area contributed by atoms with Crippen molar-refractivity contribution >= 4 is 27.7 Å². The van der Waals surface area contributed by atoms with Crippen LogP contribution in [0.4, 0.5) is 23.2 Å². The Kier molecular flexibility index (Phi) is 7.64. The largest absolute Gasteiger partial charge is 0.433 e. The quantitative estimate of drug-likeness (QED) is 0.369. The van der Waals surface area contributed by atoms with Gasteiger partial charge in [0.05, 0.1) is 17.5 Å². The number of carbonyl (C=O) groups excluding carboxylic acids is 1. The number of hydrogen-bond acceptors (Lipinski definition) is 4. The van der Waals surface area contributed by atoms with Crippen LogP contribution in [-0.2, 0) is 34.0 Å². The lowest BCUT2D eigenvalue weighted by molar-refractivity contribution is -0.141. The molecule has 2 N–H and O–H groups in total. The average molecular weight is 469 g/mol. The van der Waals surface area contributed by atoms with Crippen LogP contribution in [0, 0.1) is 18.2 Å². The Morgan fingerprint density at radius 1 is 1.28 bits per heavy atom. The number of terminal acetylenes is 1. The van der Waals surface area contributed by atoms with Crippen molar-refractivity contribution < 1.29 is 30.8 Å². The number of anilines is 1. The second-order valence-corrected chi connectivity index (χ2v) is 8.40. The monoisotopic (exact) mass is 469 g/mol. The highest BCUT2D eigenvalue weighted by Gasteiger charge is 2.32. The van der Waals surface area contributed by atoms with Gasteiger partial charge >= 0.3 is 6.18 Å². The first-order valence-electron chi connectivity index (χ1n) is 9.14. The molecule has 0 atom stereocenters. The number of alkyl halides is 3. The summed E-state index contributed by atoms with van der Waals surface area (Å²) in [5, 5.41) is 2.49. The lowest BCUT2D eigenvalue weighted by atomic mass is 10.1. The first-order valence-corrected chi connectivity index (χ1v) is 11.0. The maximum absolute atomic E-state index is 14.3. The zero-order chi connectivity index (χ0) is 24.1. The third kappa shape index (κ3) is 6.81. The molecule has 0 saturated carbocycles. The van der Waals surface area contributed by atoms with Crippen LogP contribution in [0.5, 0.6) is 0 Å². The second kappa shape index (κ2) is 9.82. The Bertz CT molecular complexity index is 1200. The van der Waals surface area contributed by atoms with Crippen molar-refractivity contribution in [1.82, 2.24) is 10.3 Å². The van der Waals surface area contributed by atoms with Crippen LogP contribution in [0.1, 0.15) is 35.0 Å². The molecule has 0 aliphatic carbocycles. The lowest BCUT2D eigenvalue weighted by Gasteiger charge is -2.11. The third-order valence-electron chi connectivity index (χ3n) is 4.11. The highest BCUT2D eigenvalue weighted by Crippen LogP contribution is 2.28. The number of aryl methyl sites for hydroxylation is 1. The molecule has 1 aromatic heterocycles. The van der Waals surface area contributed by atoms with E-state index in [9.17, 15) is 30.8 Å². The van der Waals surface area contributed by atoms with Crippen molar-refractivity contribution in [2.24, 2.45) is 0 Å². The van der Waals surface area contributed by atoms with Gasteiger partial charge in [-0.05, 0) is 41.8 Å². The molecule has 0 radical (unpaired) electrons. The molecule has 0 unspecified atom stereocenters. The van der Waals surface area contributed by atoms with E-state index in [1.165, 1.54) is 18.2 Å². The molecule has 170 valence electrons. The van der Waals surface area contributed by atoms with Gasteiger partial charge < -0.3 is 5.32 Å². The number of halogens is 4. The first kappa shape index (κ1) is 24.9. The molecule has 1 aromatic carbocycles. The van der Waals surface area contributed by atoms with Crippen LogP contribution in [0.25, 0.3) is 6.08 Å². The zero-order valence-electron chi connectivity index (χ0n) is 17.0. The first-order chi connectivity index (χ1) is 14.8. The van der Waals surface area contributed by atoms with E-state index in [4.69, 9.17) is 6.42 Å². The van der Waals surface area contributed by atoms with Gasteiger partial charge in [-0.3, -0.25) is 9.52 Å². The second-order valence-electron chi connectivity index (χ2n) is 6.65. The van der Waals surface area contributed by atoms with Crippen LogP contribution < -0.4 is 10.0 Å². The summed E-state index contributed by atoms with van der Waals surface area (Å²) < 4.78 is 77.3. The maximum atomic E-state index is 14.3. The predicted molar refractivity (Wildman–Crippen MR) is 112 cm³/mol. The molecule has 1 amide bonds. The van der Waals surface area contributed by atoms with Gasteiger partial charge in [0.1, 0.15) is 11.5 Å². The summed E-state index contributed by atoms with van der Waals surface area (Å²) in [5.74, 6) is 0.683. The molecule has 0 fully saturated rings. The minimum absolute atomic E-state index is 0.0429. The number of amides is 1. The number of nitrogens with one attached hydrogen (secondary N) is 2. The van der Waals surface area contributed by atoms with E-state index in [-0.39, 0.29) is 35.5 Å². The lowest BCUT2D eigenvalue weighted by Crippen LogP contribution is -2.21. The van der Waals surface area contributed by atoms with Crippen molar-refractivity contribution in [3.8, 4) is 12.3 Å². The number of aromatic nitrogens is 1. The highest BCUT2D eigenvalue weighted by molar-refractivity contribution is 7.92. The van der Waals surface area contributed by atoms with E-state index < -0.39 is 33.6 Å². The topological polar surface area (TPSA) is 88.2 Å². The van der Waals surface area contributed by atoms with Crippen molar-refractivity contribution in [3.63, 3.8) is 0 Å². The molecule has 6 nitrogen and oxygen atoms in total. The molecule has 0 aliphatic heterocycles. The number of nitrogens with zero attached hydrogens (tertiary/aromatic N) is 1. The van der Waals surface area contributed by atoms with E-state index in [1.54, 1.807) is 6.92 Å². The van der Waals surface area contributed by atoms with Crippen LogP contribution >= 0.6 is 0 Å². The fraction of sp³-hybridized carbons (Fsp3) is 0.238. The summed E-state index contributed by atoms with van der Waals surface area (Å²) in [6.07, 6.45) is 4.27. The fourth-order valence-corrected chi connectivity index (χ4v) is 3.26. The number of hydrogen-bond donors (Lipinski definition) is 2. The van der Waals surface area contributed by atoms with E-state index in [1.807, 2.05) is 4.72 Å². The third-order valence-corrected chi connectivity index (χ3v) is 4.68. The number of rotatable bonds is 7. The molecule has 0 bridgehead atoms. The van der Waals surface area contributed by atoms with Crippen molar-refractivity contribution in [2.45, 2.75) is 26.1 Å². The molecule has 11 heteroatoms. The Morgan fingerprint density at radius 3 is 2.53 bits per heavy atom. The summed E-state index contributed by atoms with van der Waals surface area (Å²) in [4.78, 5) is 15.7. The summed E-state index contributed by atoms with van der Waals surface area (Å²) in [6.45, 7) is 1.51. The molecular formula is C21H19F4N3O3S. The molecule has 1 heterocycles. The molecule has 0 saturated heterocycles. The minimum atomic E-state index is -4.57. The standard InChI is InChI=1S/C21H19F4N3O3S/c1-4-14-10-13(11-16(22)20(14)28-32(3,30)31)12-26-19(29)9-7-15-6-8-18(21(23,24)25)27-17(15)5-2/h1,6-11,28H,5,12H2,2-3H3,(H,26,29). The Balaban J connectivity index is 2.13. The van der Waals surface area contributed by atoms with Gasteiger partial charge in [0, 0.05) is 18.3 Å². The summed E-state index contributed by atoms with van der Waals surface area (Å²) >= 11 is 0. The Hall–Kier alpha value is -3.39. The van der Waals surface area contributed by atoms with Gasteiger partial charge in [-0.2, -0.15) is 13.2 Å². The zero-order valence-corrected chi connectivity index (χ0v) is 17.9. The summed E-state index contributed by atoms with van der Waals surface area (Å²) in [5.41, 5.74) is -0.616. The van der Waals surface area contributed by atoms with Crippen molar-refractivity contribution in [3.05, 3.63) is 64.2 Å². The Labute approximate surface area is 182 Å². The number of carbonyl (C=O) groups is 1. The molecule has 0 spiro atoms. The van der Waals surface area contributed by atoms with E-state index in [2.05, 4.69) is 16.2 Å². The van der Waals surface area contributed by atoms with Crippen LogP contribution in [0.2, 0.25) is 0 Å². The van der Waals surface area contributed by atoms with Crippen LogP contribution in [0.15, 0.2) is 30.3 Å². The Morgan fingerprint density at radius 2 is 1.97 bits per heavy atom. The summed E-state index contributed by atoms with van der Waals surface area (Å²) in [7, 11) is -3.75. The maximum Gasteiger partial charge on any atom is 0.433 e. The average Bonchev–Trinajstić information content (AvgIpc) is 2.70. The molecule has 2 aromatic rings. The van der Waals surface area contributed by atoms with Gasteiger partial charge in [-0.15, -0.1) is 6.42 Å². The van der Waals surface area contributed by atoms with E-state index in [0.717, 1.165) is 24.5 Å². The normalized spacial score (nSPS) is 11.9. The van der Waals surface area contributed by atoms with E-state index in [0.29, 0.717) is 5.56 Å². The van der Waals surface area contributed by atoms with Gasteiger partial charge in [-0.1, -0.05) is 18.9 Å². The number of benzene rings is 1. The van der Waals surface area contributed by atoms with Gasteiger partial charge in [0.15, 0.2) is 0 Å². The van der Waals surface area contributed by atoms with Crippen molar-refractivity contribution in [1.29, 1.82) is 0 Å². The SMILES string of the molecule is C#Cc1cc(CNC(=O)C=Cc2ccc(C(F)(F)F)nc2CC)cc(F)c1NS(C)(=O)=O. The molecular weight excluding hydrogens is 450 g/mol.